The van der Waals surface area contributed by atoms with Crippen LogP contribution in [-0.4, -0.2) is 51.3 Å². The number of aliphatic imine (C=N–C) groups is 1. The zero-order chi connectivity index (χ0) is 21.9. The summed E-state index contributed by atoms with van der Waals surface area (Å²) in [4.78, 5) is 7.37. The molecule has 0 bridgehead atoms. The van der Waals surface area contributed by atoms with Crippen molar-refractivity contribution in [2.75, 3.05) is 40.4 Å². The predicted octanol–water partition coefficient (Wildman–Crippen LogP) is 4.35. The van der Waals surface area contributed by atoms with Crippen LogP contribution in [0, 0.1) is 0 Å². The average molecular weight is 553 g/mol. The number of halogens is 1. The molecule has 2 N–H and O–H groups in total. The third-order valence-electron chi connectivity index (χ3n) is 5.64. The van der Waals surface area contributed by atoms with E-state index in [1.807, 2.05) is 12.1 Å². The summed E-state index contributed by atoms with van der Waals surface area (Å²) in [5.74, 6) is 1.74. The quantitative estimate of drug-likeness (QED) is 0.261. The van der Waals surface area contributed by atoms with Crippen LogP contribution in [-0.2, 0) is 17.9 Å². The number of rotatable bonds is 10. The third kappa shape index (κ3) is 7.94. The molecule has 1 aliphatic rings. The summed E-state index contributed by atoms with van der Waals surface area (Å²) in [7, 11) is 3.42. The van der Waals surface area contributed by atoms with E-state index in [0.717, 1.165) is 37.9 Å². The second kappa shape index (κ2) is 14.3. The van der Waals surface area contributed by atoms with E-state index in [-0.39, 0.29) is 24.0 Å². The molecule has 1 saturated heterocycles. The molecular formula is C25H37IN4O2. The van der Waals surface area contributed by atoms with Gasteiger partial charge in [0.2, 0.25) is 0 Å². The van der Waals surface area contributed by atoms with Crippen molar-refractivity contribution >= 4 is 29.9 Å². The van der Waals surface area contributed by atoms with Gasteiger partial charge in [0.1, 0.15) is 5.75 Å². The molecule has 1 heterocycles. The number of ether oxygens (including phenoxy) is 2. The molecule has 0 spiro atoms. The summed E-state index contributed by atoms with van der Waals surface area (Å²) >= 11 is 0. The van der Waals surface area contributed by atoms with E-state index in [0.29, 0.717) is 19.2 Å². The van der Waals surface area contributed by atoms with Crippen molar-refractivity contribution in [1.82, 2.24) is 15.5 Å². The van der Waals surface area contributed by atoms with Gasteiger partial charge in [-0.3, -0.25) is 4.90 Å². The summed E-state index contributed by atoms with van der Waals surface area (Å²) in [6.07, 6.45) is 2.53. The normalized spacial score (nSPS) is 15.2. The van der Waals surface area contributed by atoms with Crippen LogP contribution in [0.4, 0.5) is 0 Å². The Morgan fingerprint density at radius 3 is 2.22 bits per heavy atom. The van der Waals surface area contributed by atoms with E-state index in [1.165, 1.54) is 29.5 Å². The van der Waals surface area contributed by atoms with E-state index in [1.54, 1.807) is 14.2 Å². The lowest BCUT2D eigenvalue weighted by Gasteiger charge is -2.29. The molecule has 7 heteroatoms. The summed E-state index contributed by atoms with van der Waals surface area (Å²) in [5.41, 5.74) is 3.66. The molecule has 0 amide bonds. The molecule has 0 radical (unpaired) electrons. The Labute approximate surface area is 209 Å². The second-order valence-electron chi connectivity index (χ2n) is 7.86. The van der Waals surface area contributed by atoms with Crippen molar-refractivity contribution in [3.05, 3.63) is 65.2 Å². The molecule has 1 aliphatic heterocycles. The van der Waals surface area contributed by atoms with E-state index < -0.39 is 0 Å². The molecule has 1 unspecified atom stereocenters. The SMILES string of the molecule is CCNC(=NCc1ccc(COC)cc1)NCC(c1ccc(OC)cc1)N1CCCC1.I. The first kappa shape index (κ1) is 26.4. The standard InChI is InChI=1S/C25H36N4O2.HI/c1-4-26-25(27-17-20-7-9-21(10-8-20)19-30-2)28-18-24(29-15-5-6-16-29)22-11-13-23(31-3)14-12-22;/h7-14,24H,4-6,15-19H2,1-3H3,(H2,26,27,28);1H. The minimum atomic E-state index is 0. The molecule has 0 aliphatic carbocycles. The molecular weight excluding hydrogens is 515 g/mol. The number of hydrogen-bond acceptors (Lipinski definition) is 4. The summed E-state index contributed by atoms with van der Waals surface area (Å²) in [6.45, 7) is 7.29. The molecule has 0 saturated carbocycles. The Morgan fingerprint density at radius 1 is 0.969 bits per heavy atom. The van der Waals surface area contributed by atoms with E-state index >= 15 is 0 Å². The number of nitrogens with one attached hydrogen (secondary N) is 2. The highest BCUT2D eigenvalue weighted by molar-refractivity contribution is 14.0. The number of hydrogen-bond donors (Lipinski definition) is 2. The van der Waals surface area contributed by atoms with Crippen LogP contribution in [0.5, 0.6) is 5.75 Å². The minimum Gasteiger partial charge on any atom is -0.497 e. The monoisotopic (exact) mass is 552 g/mol. The van der Waals surface area contributed by atoms with Crippen LogP contribution in [0.3, 0.4) is 0 Å². The Bertz CT molecular complexity index is 806. The zero-order valence-electron chi connectivity index (χ0n) is 19.5. The lowest BCUT2D eigenvalue weighted by atomic mass is 10.1. The van der Waals surface area contributed by atoms with Gasteiger partial charge in [-0.05, 0) is 61.7 Å². The topological polar surface area (TPSA) is 58.1 Å². The highest BCUT2D eigenvalue weighted by atomic mass is 127. The van der Waals surface area contributed by atoms with Gasteiger partial charge >= 0.3 is 0 Å². The van der Waals surface area contributed by atoms with Crippen LogP contribution in [0.15, 0.2) is 53.5 Å². The molecule has 6 nitrogen and oxygen atoms in total. The molecule has 176 valence electrons. The largest absolute Gasteiger partial charge is 0.497 e. The number of nitrogens with zero attached hydrogens (tertiary/aromatic N) is 2. The lowest BCUT2D eigenvalue weighted by Crippen LogP contribution is -2.42. The Morgan fingerprint density at radius 2 is 1.62 bits per heavy atom. The van der Waals surface area contributed by atoms with Gasteiger partial charge in [0, 0.05) is 20.2 Å². The maximum absolute atomic E-state index is 5.33. The highest BCUT2D eigenvalue weighted by Gasteiger charge is 2.23. The van der Waals surface area contributed by atoms with Crippen LogP contribution < -0.4 is 15.4 Å². The smallest absolute Gasteiger partial charge is 0.191 e. The van der Waals surface area contributed by atoms with Crippen molar-refractivity contribution in [2.24, 2.45) is 4.99 Å². The van der Waals surface area contributed by atoms with Crippen molar-refractivity contribution < 1.29 is 9.47 Å². The van der Waals surface area contributed by atoms with Gasteiger partial charge in [0.05, 0.1) is 26.3 Å². The van der Waals surface area contributed by atoms with Gasteiger partial charge in [-0.15, -0.1) is 24.0 Å². The minimum absolute atomic E-state index is 0. The van der Waals surface area contributed by atoms with E-state index in [9.17, 15) is 0 Å². The Kier molecular flexibility index (Phi) is 11.8. The van der Waals surface area contributed by atoms with Gasteiger partial charge in [-0.25, -0.2) is 4.99 Å². The second-order valence-corrected chi connectivity index (χ2v) is 7.86. The van der Waals surface area contributed by atoms with Gasteiger partial charge in [-0.2, -0.15) is 0 Å². The molecule has 0 aromatic heterocycles. The molecule has 3 rings (SSSR count). The number of benzene rings is 2. The predicted molar refractivity (Wildman–Crippen MR) is 142 cm³/mol. The molecule has 1 fully saturated rings. The van der Waals surface area contributed by atoms with Crippen molar-refractivity contribution in [1.29, 1.82) is 0 Å². The van der Waals surface area contributed by atoms with Gasteiger partial charge in [0.25, 0.3) is 0 Å². The Hall–Kier alpha value is -1.84. The van der Waals surface area contributed by atoms with Gasteiger partial charge in [-0.1, -0.05) is 36.4 Å². The van der Waals surface area contributed by atoms with Crippen LogP contribution in [0.1, 0.15) is 42.5 Å². The first-order chi connectivity index (χ1) is 15.2. The fraction of sp³-hybridized carbons (Fsp3) is 0.480. The summed E-state index contributed by atoms with van der Waals surface area (Å²) < 4.78 is 10.5. The number of likely N-dealkylation sites (tertiary alicyclic amines) is 1. The van der Waals surface area contributed by atoms with Crippen molar-refractivity contribution in [2.45, 2.75) is 39.0 Å². The number of methoxy groups -OCH3 is 2. The van der Waals surface area contributed by atoms with Crippen LogP contribution in [0.25, 0.3) is 0 Å². The van der Waals surface area contributed by atoms with E-state index in [4.69, 9.17) is 14.5 Å². The zero-order valence-corrected chi connectivity index (χ0v) is 21.8. The van der Waals surface area contributed by atoms with Crippen LogP contribution in [0.2, 0.25) is 0 Å². The van der Waals surface area contributed by atoms with Crippen molar-refractivity contribution in [3.63, 3.8) is 0 Å². The molecule has 2 aromatic rings. The average Bonchev–Trinajstić information content (AvgIpc) is 3.34. The molecule has 32 heavy (non-hydrogen) atoms. The van der Waals surface area contributed by atoms with Gasteiger partial charge in [0.15, 0.2) is 5.96 Å². The van der Waals surface area contributed by atoms with Crippen molar-refractivity contribution in [3.8, 4) is 5.75 Å². The van der Waals surface area contributed by atoms with Crippen LogP contribution >= 0.6 is 24.0 Å². The summed E-state index contributed by atoms with van der Waals surface area (Å²) in [5, 5.41) is 6.95. The fourth-order valence-corrected chi connectivity index (χ4v) is 3.95. The first-order valence-electron chi connectivity index (χ1n) is 11.2. The lowest BCUT2D eigenvalue weighted by molar-refractivity contribution is 0.185. The number of guanidine groups is 1. The Balaban J connectivity index is 0.00000363. The first-order valence-corrected chi connectivity index (χ1v) is 11.2. The fourth-order valence-electron chi connectivity index (χ4n) is 3.95. The summed E-state index contributed by atoms with van der Waals surface area (Å²) in [6, 6.07) is 17.2. The molecule has 2 aromatic carbocycles. The van der Waals surface area contributed by atoms with E-state index in [2.05, 4.69) is 58.9 Å². The maximum Gasteiger partial charge on any atom is 0.191 e. The third-order valence-corrected chi connectivity index (χ3v) is 5.64. The highest BCUT2D eigenvalue weighted by Crippen LogP contribution is 2.26. The molecule has 1 atom stereocenters. The maximum atomic E-state index is 5.33. The van der Waals surface area contributed by atoms with Gasteiger partial charge < -0.3 is 20.1 Å².